The minimum absolute atomic E-state index is 0. The average Bonchev–Trinajstić information content (AvgIpc) is 3.48. The summed E-state index contributed by atoms with van der Waals surface area (Å²) in [6.45, 7) is -0.177. The molecule has 0 radical (unpaired) electrons. The van der Waals surface area contributed by atoms with Crippen LogP contribution in [0, 0.1) is 11.3 Å². The molecule has 0 saturated carbocycles. The van der Waals surface area contributed by atoms with Gasteiger partial charge in [-0.2, -0.15) is 5.26 Å². The smallest absolute Gasteiger partial charge is 0.278 e. The molecule has 202 valence electrons. The summed E-state index contributed by atoms with van der Waals surface area (Å²) in [4.78, 5) is 25.0. The number of hydrogen-bond acceptors (Lipinski definition) is 9. The molecular weight excluding hydrogens is 680 g/mol. The molecule has 0 spiro atoms. The number of nitrogens with one attached hydrogen (secondary N) is 2. The zero-order valence-electron chi connectivity index (χ0n) is 21.2. The third kappa shape index (κ3) is 5.94. The van der Waals surface area contributed by atoms with Gasteiger partial charge in [-0.05, 0) is 37.1 Å². The quantitative estimate of drug-likeness (QED) is 0.247. The van der Waals surface area contributed by atoms with E-state index in [0.29, 0.717) is 35.0 Å². The monoisotopic (exact) mass is 705 g/mol. The second kappa shape index (κ2) is 12.7. The van der Waals surface area contributed by atoms with Crippen LogP contribution >= 0.6 is 0 Å². The number of fused-ring (bicyclic) bond motifs is 2. The number of aryl methyl sites for hydroxylation is 1. The first-order valence-corrected chi connectivity index (χ1v) is 12.2. The number of aliphatic hydroxyl groups is 1. The van der Waals surface area contributed by atoms with E-state index in [1.807, 2.05) is 54.6 Å². The molecule has 4 heterocycles. The van der Waals surface area contributed by atoms with E-state index in [2.05, 4.69) is 20.3 Å². The molecule has 5 aromatic rings. The molecule has 40 heavy (non-hydrogen) atoms. The average molecular weight is 705 g/mol. The number of pyridine rings is 1. The molecule has 5 N–H and O–H groups in total. The number of aliphatic hydroxyl groups excluding tert-OH is 1. The normalized spacial score (nSPS) is 13.7. The SMILES string of the molecule is N#Cc1cc2ccc(C[NH-])cc2nc1N.O=c1c2c(ncn1CO)CCC(c1cnc(-c3ccccc3)o1)N2.[W]. The van der Waals surface area contributed by atoms with E-state index in [-0.39, 0.29) is 45.0 Å². The molecule has 1 aliphatic heterocycles. The number of hydrogen-bond donors (Lipinski definition) is 3. The van der Waals surface area contributed by atoms with E-state index < -0.39 is 6.73 Å². The van der Waals surface area contributed by atoms with Gasteiger partial charge in [0.05, 0.1) is 35.3 Å². The van der Waals surface area contributed by atoms with Crippen LogP contribution in [0.4, 0.5) is 11.5 Å². The van der Waals surface area contributed by atoms with Crippen molar-refractivity contribution in [1.29, 1.82) is 5.26 Å². The molecule has 0 aliphatic carbocycles. The Bertz CT molecular complexity index is 1730. The Labute approximate surface area is 243 Å². The maximum absolute atomic E-state index is 12.3. The van der Waals surface area contributed by atoms with Crippen molar-refractivity contribution < 1.29 is 30.6 Å². The summed E-state index contributed by atoms with van der Waals surface area (Å²) < 4.78 is 7.03. The van der Waals surface area contributed by atoms with E-state index in [9.17, 15) is 9.90 Å². The summed E-state index contributed by atoms with van der Waals surface area (Å²) in [5, 5.41) is 22.0. The largest absolute Gasteiger partial charge is 0.674 e. The van der Waals surface area contributed by atoms with Crippen LogP contribution in [0.25, 0.3) is 28.1 Å². The Balaban J connectivity index is 0.000000200. The fourth-order valence-corrected chi connectivity index (χ4v) is 4.29. The van der Waals surface area contributed by atoms with Gasteiger partial charge in [0.2, 0.25) is 5.89 Å². The number of nitriles is 1. The standard InChI is InChI=1S/C17H16N4O3.C11H9N4.W/c22-10-21-9-19-13-7-6-12(20-15(13)17(21)23)14-8-18-16(24-14)11-4-2-1-3-5-11;12-5-7-1-2-8-4-9(6-13)11(14)15-10(8)3-7;/h1-5,8-9,12,20,22H,6-7,10H2;1-4,12H,5H2,(H2,14,15);/q;-1;. The fraction of sp³-hybridized carbons (Fsp3) is 0.179. The van der Waals surface area contributed by atoms with Crippen LogP contribution < -0.4 is 16.6 Å². The first-order chi connectivity index (χ1) is 19.0. The number of anilines is 2. The molecule has 1 unspecified atom stereocenters. The summed E-state index contributed by atoms with van der Waals surface area (Å²) in [5.41, 5.74) is 16.6. The van der Waals surface area contributed by atoms with Gasteiger partial charge in [-0.25, -0.2) is 15.0 Å². The second-order valence-electron chi connectivity index (χ2n) is 8.89. The molecule has 0 saturated heterocycles. The van der Waals surface area contributed by atoms with Gasteiger partial charge in [-0.1, -0.05) is 35.9 Å². The van der Waals surface area contributed by atoms with Crippen LogP contribution in [0.3, 0.4) is 0 Å². The maximum Gasteiger partial charge on any atom is 0.278 e. The summed E-state index contributed by atoms with van der Waals surface area (Å²) >= 11 is 0. The zero-order chi connectivity index (χ0) is 27.4. The summed E-state index contributed by atoms with van der Waals surface area (Å²) in [7, 11) is 0. The van der Waals surface area contributed by atoms with Crippen molar-refractivity contribution in [1.82, 2.24) is 19.5 Å². The Morgan fingerprint density at radius 3 is 2.73 bits per heavy atom. The van der Waals surface area contributed by atoms with Crippen molar-refractivity contribution in [3.05, 3.63) is 106 Å². The Kier molecular flexibility index (Phi) is 9.07. The van der Waals surface area contributed by atoms with E-state index in [1.54, 1.807) is 12.3 Å². The fourth-order valence-electron chi connectivity index (χ4n) is 4.29. The molecule has 2 aromatic carbocycles. The van der Waals surface area contributed by atoms with Crippen LogP contribution in [0.1, 0.15) is 35.0 Å². The first kappa shape index (κ1) is 28.6. The van der Waals surface area contributed by atoms with Crippen molar-refractivity contribution in [2.24, 2.45) is 0 Å². The minimum Gasteiger partial charge on any atom is -0.674 e. The molecular formula is C28H25N8O3W-. The number of aromatic nitrogens is 4. The maximum atomic E-state index is 12.3. The van der Waals surface area contributed by atoms with Crippen LogP contribution in [0.15, 0.2) is 76.3 Å². The van der Waals surface area contributed by atoms with Crippen molar-refractivity contribution in [2.45, 2.75) is 32.2 Å². The van der Waals surface area contributed by atoms with Crippen molar-refractivity contribution in [3.63, 3.8) is 0 Å². The Morgan fingerprint density at radius 2 is 2.00 bits per heavy atom. The van der Waals surface area contributed by atoms with E-state index in [1.165, 1.54) is 6.33 Å². The van der Waals surface area contributed by atoms with Gasteiger partial charge >= 0.3 is 0 Å². The third-order valence-electron chi connectivity index (χ3n) is 6.38. The second-order valence-corrected chi connectivity index (χ2v) is 8.89. The predicted molar refractivity (Wildman–Crippen MR) is 146 cm³/mol. The molecule has 12 heteroatoms. The van der Waals surface area contributed by atoms with Crippen LogP contribution in [-0.4, -0.2) is 24.6 Å². The minimum atomic E-state index is -0.397. The molecule has 0 amide bonds. The van der Waals surface area contributed by atoms with Gasteiger partial charge < -0.3 is 26.3 Å². The van der Waals surface area contributed by atoms with Gasteiger partial charge in [0.15, 0.2) is 0 Å². The van der Waals surface area contributed by atoms with Gasteiger partial charge in [0.1, 0.15) is 30.1 Å². The van der Waals surface area contributed by atoms with Gasteiger partial charge in [-0.3, -0.25) is 9.36 Å². The third-order valence-corrected chi connectivity index (χ3v) is 6.38. The van der Waals surface area contributed by atoms with Crippen LogP contribution in [-0.2, 0) is 40.8 Å². The summed E-state index contributed by atoms with van der Waals surface area (Å²) in [5.74, 6) is 1.47. The number of nitrogens with zero attached hydrogens (tertiary/aromatic N) is 5. The van der Waals surface area contributed by atoms with Gasteiger partial charge in [-0.15, -0.1) is 6.54 Å². The van der Waals surface area contributed by atoms with Crippen molar-refractivity contribution in [3.8, 4) is 17.5 Å². The Morgan fingerprint density at radius 1 is 1.20 bits per heavy atom. The topological polar surface area (TPSA) is 180 Å². The molecule has 0 bridgehead atoms. The molecule has 0 fully saturated rings. The molecule has 1 atom stereocenters. The molecule has 6 rings (SSSR count). The summed E-state index contributed by atoms with van der Waals surface area (Å²) in [6, 6.07) is 18.7. The van der Waals surface area contributed by atoms with E-state index >= 15 is 0 Å². The van der Waals surface area contributed by atoms with E-state index in [0.717, 1.165) is 33.0 Å². The van der Waals surface area contributed by atoms with Crippen molar-refractivity contribution in [2.75, 3.05) is 11.1 Å². The van der Waals surface area contributed by atoms with Crippen molar-refractivity contribution >= 4 is 22.4 Å². The van der Waals surface area contributed by atoms with Crippen LogP contribution in [0.5, 0.6) is 0 Å². The molecule has 1 aliphatic rings. The van der Waals surface area contributed by atoms with Gasteiger partial charge in [0.25, 0.3) is 5.56 Å². The van der Waals surface area contributed by atoms with Gasteiger partial charge in [0, 0.05) is 32.0 Å². The number of oxazole rings is 1. The molecule has 3 aromatic heterocycles. The molecule has 11 nitrogen and oxygen atoms in total. The summed E-state index contributed by atoms with van der Waals surface area (Å²) in [6.07, 6.45) is 4.47. The number of nitrogens with two attached hydrogens (primary N) is 1. The number of nitrogen functional groups attached to an aromatic ring is 1. The van der Waals surface area contributed by atoms with E-state index in [4.69, 9.17) is 21.1 Å². The Hall–Kier alpha value is -4.36. The number of benzene rings is 2. The zero-order valence-corrected chi connectivity index (χ0v) is 24.2. The predicted octanol–water partition coefficient (Wildman–Crippen LogP) is 4.19. The first-order valence-electron chi connectivity index (χ1n) is 12.2. The van der Waals surface area contributed by atoms with Crippen LogP contribution in [0.2, 0.25) is 0 Å². The number of rotatable bonds is 4.